The van der Waals surface area contributed by atoms with Gasteiger partial charge in [0.05, 0.1) is 16.7 Å². The Balaban J connectivity index is 1.37. The van der Waals surface area contributed by atoms with Gasteiger partial charge in [-0.05, 0) is 54.2 Å². The van der Waals surface area contributed by atoms with Crippen LogP contribution in [0.3, 0.4) is 0 Å². The zero-order valence-corrected chi connectivity index (χ0v) is 17.2. The summed E-state index contributed by atoms with van der Waals surface area (Å²) in [6.45, 7) is 2.15. The predicted octanol–water partition coefficient (Wildman–Crippen LogP) is 6.48. The number of aliphatic imine (C=N–C) groups is 1. The van der Waals surface area contributed by atoms with Crippen LogP contribution in [-0.4, -0.2) is 11.1 Å². The molecule has 0 aromatic heterocycles. The van der Waals surface area contributed by atoms with Gasteiger partial charge in [-0.1, -0.05) is 54.1 Å². The minimum absolute atomic E-state index is 0.0675. The first-order valence-corrected chi connectivity index (χ1v) is 10.5. The second-order valence-electron chi connectivity index (χ2n) is 8.27. The van der Waals surface area contributed by atoms with Crippen LogP contribution in [0.1, 0.15) is 40.6 Å². The van der Waals surface area contributed by atoms with Crippen molar-refractivity contribution in [1.29, 1.82) is 0 Å². The monoisotopic (exact) mass is 409 g/mol. The lowest BCUT2D eigenvalue weighted by molar-refractivity contribution is -0.384. The van der Waals surface area contributed by atoms with E-state index in [-0.39, 0.29) is 11.7 Å². The average molecular weight is 409 g/mol. The maximum Gasteiger partial charge on any atom is 0.270 e. The van der Waals surface area contributed by atoms with Crippen molar-refractivity contribution in [2.75, 3.05) is 5.32 Å². The number of anilines is 1. The van der Waals surface area contributed by atoms with Crippen molar-refractivity contribution in [2.24, 2.45) is 10.9 Å². The number of fused-ring (bicyclic) bond motifs is 3. The van der Waals surface area contributed by atoms with Crippen molar-refractivity contribution in [3.05, 3.63) is 111 Å². The lowest BCUT2D eigenvalue weighted by Crippen LogP contribution is -2.29. The molecule has 3 aromatic rings. The minimum atomic E-state index is -0.395. The van der Waals surface area contributed by atoms with Crippen LogP contribution >= 0.6 is 0 Å². The molecule has 2 aliphatic rings. The second-order valence-corrected chi connectivity index (χ2v) is 8.27. The van der Waals surface area contributed by atoms with Crippen LogP contribution in [0.25, 0.3) is 0 Å². The Hall–Kier alpha value is -3.73. The summed E-state index contributed by atoms with van der Waals surface area (Å²) in [5.74, 6) is 0.959. The van der Waals surface area contributed by atoms with Crippen LogP contribution in [0.2, 0.25) is 0 Å². The molecule has 0 radical (unpaired) electrons. The van der Waals surface area contributed by atoms with Crippen LogP contribution in [0, 0.1) is 23.0 Å². The van der Waals surface area contributed by atoms with Crippen molar-refractivity contribution in [3.63, 3.8) is 0 Å². The smallest absolute Gasteiger partial charge is 0.270 e. The fraction of sp³-hybridized carbons (Fsp3) is 0.192. The van der Waals surface area contributed by atoms with Crippen molar-refractivity contribution in [3.8, 4) is 0 Å². The number of nitrogens with zero attached hydrogens (tertiary/aromatic N) is 2. The Morgan fingerprint density at radius 3 is 2.74 bits per heavy atom. The SMILES string of the molecule is Cc1ccc2c(c1)[C@@H]1C=CC[C@@H]1[C@@H](c1ccc(N=Cc3cccc([N+](=O)[O-])c3)cc1)N2. The number of hydrogen-bond donors (Lipinski definition) is 1. The van der Waals surface area contributed by atoms with Gasteiger partial charge in [0.15, 0.2) is 0 Å². The normalized spacial score (nSPS) is 21.5. The third kappa shape index (κ3) is 3.75. The number of nitrogens with one attached hydrogen (secondary N) is 1. The van der Waals surface area contributed by atoms with Gasteiger partial charge in [0.2, 0.25) is 0 Å². The van der Waals surface area contributed by atoms with Gasteiger partial charge in [0.25, 0.3) is 5.69 Å². The maximum absolute atomic E-state index is 10.9. The molecule has 0 fully saturated rings. The average Bonchev–Trinajstić information content (AvgIpc) is 3.28. The van der Waals surface area contributed by atoms with Crippen LogP contribution in [0.5, 0.6) is 0 Å². The highest BCUT2D eigenvalue weighted by Crippen LogP contribution is 2.50. The number of non-ortho nitro benzene ring substituents is 1. The van der Waals surface area contributed by atoms with Crippen LogP contribution in [0.4, 0.5) is 17.1 Å². The summed E-state index contributed by atoms with van der Waals surface area (Å²) in [6.07, 6.45) is 7.40. The van der Waals surface area contributed by atoms with E-state index in [1.54, 1.807) is 12.3 Å². The molecule has 31 heavy (non-hydrogen) atoms. The maximum atomic E-state index is 10.9. The number of rotatable bonds is 4. The third-order valence-electron chi connectivity index (χ3n) is 6.21. The molecule has 1 aliphatic carbocycles. The summed E-state index contributed by atoms with van der Waals surface area (Å²) in [6, 6.07) is 21.7. The number of allylic oxidation sites excluding steroid dienone is 2. The molecule has 0 bridgehead atoms. The summed E-state index contributed by atoms with van der Waals surface area (Å²) in [5, 5.41) is 14.7. The lowest BCUT2D eigenvalue weighted by Gasteiger charge is -2.37. The summed E-state index contributed by atoms with van der Waals surface area (Å²) < 4.78 is 0. The molecule has 1 heterocycles. The van der Waals surface area contributed by atoms with E-state index in [9.17, 15) is 10.1 Å². The molecule has 0 saturated heterocycles. The number of nitro benzene ring substituents is 1. The van der Waals surface area contributed by atoms with E-state index >= 15 is 0 Å². The Morgan fingerprint density at radius 1 is 1.10 bits per heavy atom. The molecular weight excluding hydrogens is 386 g/mol. The van der Waals surface area contributed by atoms with Gasteiger partial charge in [-0.2, -0.15) is 0 Å². The zero-order valence-electron chi connectivity index (χ0n) is 17.2. The first-order chi connectivity index (χ1) is 15.1. The standard InChI is InChI=1S/C26H23N3O2/c1-17-8-13-25-24(14-17)22-6-3-7-23(22)26(28-25)19-9-11-20(12-10-19)27-16-18-4-2-5-21(15-18)29(30)31/h2-6,8-16,22-23,26,28H,7H2,1H3/t22-,23+,26-/m1/s1. The Labute approximate surface area is 181 Å². The fourth-order valence-electron chi connectivity index (χ4n) is 4.68. The van der Waals surface area contributed by atoms with E-state index in [1.807, 2.05) is 18.2 Å². The van der Waals surface area contributed by atoms with Crippen molar-refractivity contribution < 1.29 is 4.92 Å². The van der Waals surface area contributed by atoms with Crippen molar-refractivity contribution >= 4 is 23.3 Å². The highest BCUT2D eigenvalue weighted by Gasteiger charge is 2.37. The third-order valence-corrected chi connectivity index (χ3v) is 6.21. The topological polar surface area (TPSA) is 67.5 Å². The number of aryl methyl sites for hydroxylation is 1. The van der Waals surface area contributed by atoms with Gasteiger partial charge in [-0.15, -0.1) is 0 Å². The molecular formula is C26H23N3O2. The van der Waals surface area contributed by atoms with E-state index in [1.165, 1.54) is 34.5 Å². The molecule has 5 nitrogen and oxygen atoms in total. The van der Waals surface area contributed by atoms with Crippen LogP contribution in [0.15, 0.2) is 83.9 Å². The molecule has 1 aliphatic heterocycles. The molecule has 0 saturated carbocycles. The lowest BCUT2D eigenvalue weighted by atomic mass is 9.76. The largest absolute Gasteiger partial charge is 0.378 e. The number of nitro groups is 1. The van der Waals surface area contributed by atoms with E-state index < -0.39 is 4.92 Å². The first kappa shape index (κ1) is 19.2. The molecule has 0 amide bonds. The zero-order chi connectivity index (χ0) is 21.4. The Kier molecular flexibility index (Phi) is 4.86. The molecule has 3 atom stereocenters. The van der Waals surface area contributed by atoms with E-state index in [2.05, 4.69) is 59.7 Å². The van der Waals surface area contributed by atoms with E-state index in [0.717, 1.165) is 12.1 Å². The molecule has 0 spiro atoms. The highest BCUT2D eigenvalue weighted by molar-refractivity contribution is 5.82. The molecule has 3 aromatic carbocycles. The molecule has 5 rings (SSSR count). The highest BCUT2D eigenvalue weighted by atomic mass is 16.6. The van der Waals surface area contributed by atoms with Crippen molar-refractivity contribution in [2.45, 2.75) is 25.3 Å². The summed E-state index contributed by atoms with van der Waals surface area (Å²) in [4.78, 5) is 15.0. The summed E-state index contributed by atoms with van der Waals surface area (Å²) >= 11 is 0. The number of benzene rings is 3. The van der Waals surface area contributed by atoms with Gasteiger partial charge in [0, 0.05) is 30.0 Å². The van der Waals surface area contributed by atoms with Gasteiger partial charge in [-0.25, -0.2) is 0 Å². The summed E-state index contributed by atoms with van der Waals surface area (Å²) in [5.41, 5.74) is 6.76. The molecule has 5 heteroatoms. The van der Waals surface area contributed by atoms with Gasteiger partial charge in [0.1, 0.15) is 0 Å². The van der Waals surface area contributed by atoms with Crippen molar-refractivity contribution in [1.82, 2.24) is 0 Å². The van der Waals surface area contributed by atoms with E-state index in [4.69, 9.17) is 0 Å². The Bertz CT molecular complexity index is 1200. The molecule has 154 valence electrons. The quantitative estimate of drug-likeness (QED) is 0.232. The second kappa shape index (κ2) is 7.84. The Morgan fingerprint density at radius 2 is 1.94 bits per heavy atom. The fourth-order valence-corrected chi connectivity index (χ4v) is 4.68. The first-order valence-electron chi connectivity index (χ1n) is 10.5. The van der Waals surface area contributed by atoms with Crippen LogP contribution in [-0.2, 0) is 0 Å². The minimum Gasteiger partial charge on any atom is -0.378 e. The van der Waals surface area contributed by atoms with Crippen LogP contribution < -0.4 is 5.32 Å². The van der Waals surface area contributed by atoms with Gasteiger partial charge < -0.3 is 5.32 Å². The predicted molar refractivity (Wildman–Crippen MR) is 124 cm³/mol. The van der Waals surface area contributed by atoms with Gasteiger partial charge in [-0.3, -0.25) is 15.1 Å². The van der Waals surface area contributed by atoms with E-state index in [0.29, 0.717) is 17.4 Å². The summed E-state index contributed by atoms with van der Waals surface area (Å²) in [7, 11) is 0. The molecule has 0 unspecified atom stereocenters. The van der Waals surface area contributed by atoms with Gasteiger partial charge >= 0.3 is 0 Å². The molecule has 1 N–H and O–H groups in total. The number of hydrogen-bond acceptors (Lipinski definition) is 4.